The summed E-state index contributed by atoms with van der Waals surface area (Å²) in [4.78, 5) is 4.36. The molecule has 0 aliphatic rings. The van der Waals surface area contributed by atoms with E-state index in [1.165, 1.54) is 22.3 Å². The average molecular weight is 240 g/mol. The van der Waals surface area contributed by atoms with Crippen LogP contribution in [0.5, 0.6) is 0 Å². The molecular weight excluding hydrogens is 220 g/mol. The maximum atomic E-state index is 6.25. The second-order valence-electron chi connectivity index (χ2n) is 5.00. The summed E-state index contributed by atoms with van der Waals surface area (Å²) in [6.45, 7) is 6.31. The number of aromatic nitrogens is 1. The minimum Gasteiger partial charge on any atom is -0.322 e. The Morgan fingerprint density at radius 1 is 1.06 bits per heavy atom. The van der Waals surface area contributed by atoms with Gasteiger partial charge < -0.3 is 5.73 Å². The highest BCUT2D eigenvalue weighted by molar-refractivity contribution is 5.32. The molecule has 2 heteroatoms. The van der Waals surface area contributed by atoms with Gasteiger partial charge in [-0.2, -0.15) is 0 Å². The summed E-state index contributed by atoms with van der Waals surface area (Å²) in [6.07, 6.45) is 2.66. The molecule has 2 nitrogen and oxygen atoms in total. The molecule has 0 saturated heterocycles. The summed E-state index contributed by atoms with van der Waals surface area (Å²) in [6, 6.07) is 10.5. The molecule has 0 aliphatic carbocycles. The van der Waals surface area contributed by atoms with Gasteiger partial charge in [-0.25, -0.2) is 0 Å². The van der Waals surface area contributed by atoms with Gasteiger partial charge in [0.1, 0.15) is 0 Å². The summed E-state index contributed by atoms with van der Waals surface area (Å²) >= 11 is 0. The zero-order chi connectivity index (χ0) is 13.1. The lowest BCUT2D eigenvalue weighted by atomic mass is 9.97. The lowest BCUT2D eigenvalue weighted by molar-refractivity contribution is 0.692. The highest BCUT2D eigenvalue weighted by Crippen LogP contribution is 2.18. The van der Waals surface area contributed by atoms with E-state index in [0.29, 0.717) is 0 Å². The Bertz CT molecular complexity index is 547. The van der Waals surface area contributed by atoms with Crippen LogP contribution in [0.15, 0.2) is 36.5 Å². The van der Waals surface area contributed by atoms with Gasteiger partial charge in [-0.05, 0) is 56.0 Å². The quantitative estimate of drug-likeness (QED) is 0.894. The van der Waals surface area contributed by atoms with Crippen LogP contribution in [0.1, 0.15) is 34.0 Å². The number of pyridine rings is 1. The first-order chi connectivity index (χ1) is 8.56. The zero-order valence-corrected chi connectivity index (χ0v) is 11.3. The van der Waals surface area contributed by atoms with Gasteiger partial charge in [0.2, 0.25) is 0 Å². The maximum Gasteiger partial charge on any atom is 0.0577 e. The Morgan fingerprint density at radius 3 is 2.50 bits per heavy atom. The van der Waals surface area contributed by atoms with Crippen molar-refractivity contribution in [1.82, 2.24) is 4.98 Å². The van der Waals surface area contributed by atoms with Crippen LogP contribution in [0.2, 0.25) is 0 Å². The van der Waals surface area contributed by atoms with E-state index in [2.05, 4.69) is 50.0 Å². The third kappa shape index (κ3) is 2.96. The van der Waals surface area contributed by atoms with Gasteiger partial charge >= 0.3 is 0 Å². The number of nitrogens with zero attached hydrogens (tertiary/aromatic N) is 1. The van der Waals surface area contributed by atoms with Gasteiger partial charge in [0.25, 0.3) is 0 Å². The molecule has 1 aromatic carbocycles. The van der Waals surface area contributed by atoms with Gasteiger partial charge in [-0.3, -0.25) is 4.98 Å². The molecule has 1 aromatic heterocycles. The highest BCUT2D eigenvalue weighted by atomic mass is 14.8. The largest absolute Gasteiger partial charge is 0.322 e. The second kappa shape index (κ2) is 5.32. The van der Waals surface area contributed by atoms with E-state index in [-0.39, 0.29) is 6.04 Å². The molecule has 0 spiro atoms. The zero-order valence-electron chi connectivity index (χ0n) is 11.3. The molecule has 2 aromatic rings. The van der Waals surface area contributed by atoms with E-state index in [4.69, 9.17) is 5.73 Å². The Labute approximate surface area is 109 Å². The van der Waals surface area contributed by atoms with Crippen LogP contribution in [-0.4, -0.2) is 4.98 Å². The number of hydrogen-bond acceptors (Lipinski definition) is 2. The third-order valence-electron chi connectivity index (χ3n) is 3.26. The van der Waals surface area contributed by atoms with Crippen molar-refractivity contribution in [2.24, 2.45) is 5.73 Å². The fraction of sp³-hybridized carbons (Fsp3) is 0.312. The molecule has 1 unspecified atom stereocenters. The number of nitrogens with two attached hydrogens (primary N) is 1. The van der Waals surface area contributed by atoms with Crippen molar-refractivity contribution < 1.29 is 0 Å². The Morgan fingerprint density at radius 2 is 1.78 bits per heavy atom. The van der Waals surface area contributed by atoms with Crippen LogP contribution in [0.25, 0.3) is 0 Å². The van der Waals surface area contributed by atoms with Crippen molar-refractivity contribution in [2.45, 2.75) is 33.2 Å². The normalized spacial score (nSPS) is 12.4. The van der Waals surface area contributed by atoms with E-state index in [1.54, 1.807) is 0 Å². The SMILES string of the molecule is Cc1ccnc(C(N)Cc2cc(C)ccc2C)c1. The number of rotatable bonds is 3. The van der Waals surface area contributed by atoms with Gasteiger partial charge in [0.15, 0.2) is 0 Å². The average Bonchev–Trinajstić information content (AvgIpc) is 2.34. The summed E-state index contributed by atoms with van der Waals surface area (Å²) < 4.78 is 0. The first kappa shape index (κ1) is 12.8. The standard InChI is InChI=1S/C16H20N2/c1-11-4-5-13(3)14(8-11)10-15(17)16-9-12(2)6-7-18-16/h4-9,15H,10,17H2,1-3H3. The lowest BCUT2D eigenvalue weighted by Gasteiger charge is -2.14. The molecule has 2 N–H and O–H groups in total. The summed E-state index contributed by atoms with van der Waals surface area (Å²) in [7, 11) is 0. The van der Waals surface area contributed by atoms with Crippen molar-refractivity contribution in [1.29, 1.82) is 0 Å². The van der Waals surface area contributed by atoms with Crippen LogP contribution in [0.4, 0.5) is 0 Å². The third-order valence-corrected chi connectivity index (χ3v) is 3.26. The number of benzene rings is 1. The second-order valence-corrected chi connectivity index (χ2v) is 5.00. The van der Waals surface area contributed by atoms with E-state index in [9.17, 15) is 0 Å². The van der Waals surface area contributed by atoms with Crippen LogP contribution in [0, 0.1) is 20.8 Å². The topological polar surface area (TPSA) is 38.9 Å². The molecule has 0 radical (unpaired) electrons. The Balaban J connectivity index is 2.21. The van der Waals surface area contributed by atoms with Crippen LogP contribution in [0.3, 0.4) is 0 Å². The molecule has 0 saturated carbocycles. The first-order valence-electron chi connectivity index (χ1n) is 6.30. The smallest absolute Gasteiger partial charge is 0.0577 e. The van der Waals surface area contributed by atoms with E-state index in [0.717, 1.165) is 12.1 Å². The lowest BCUT2D eigenvalue weighted by Crippen LogP contribution is -2.15. The highest BCUT2D eigenvalue weighted by Gasteiger charge is 2.10. The van der Waals surface area contributed by atoms with E-state index < -0.39 is 0 Å². The molecule has 1 atom stereocenters. The van der Waals surface area contributed by atoms with Gasteiger partial charge in [0.05, 0.1) is 11.7 Å². The summed E-state index contributed by atoms with van der Waals surface area (Å²) in [5, 5.41) is 0. The molecule has 0 fully saturated rings. The van der Waals surface area contributed by atoms with Gasteiger partial charge in [-0.1, -0.05) is 23.8 Å². The fourth-order valence-corrected chi connectivity index (χ4v) is 2.12. The molecule has 0 amide bonds. The molecule has 18 heavy (non-hydrogen) atoms. The minimum absolute atomic E-state index is 0.0367. The van der Waals surface area contributed by atoms with Crippen molar-refractivity contribution >= 4 is 0 Å². The van der Waals surface area contributed by atoms with E-state index in [1.807, 2.05) is 12.3 Å². The summed E-state index contributed by atoms with van der Waals surface area (Å²) in [5.41, 5.74) is 12.3. The first-order valence-corrected chi connectivity index (χ1v) is 6.30. The van der Waals surface area contributed by atoms with Crippen LogP contribution < -0.4 is 5.73 Å². The van der Waals surface area contributed by atoms with Crippen molar-refractivity contribution in [3.05, 3.63) is 64.5 Å². The van der Waals surface area contributed by atoms with Crippen molar-refractivity contribution in [2.75, 3.05) is 0 Å². The predicted octanol–water partition coefficient (Wildman–Crippen LogP) is 3.25. The number of aryl methyl sites for hydroxylation is 3. The van der Waals surface area contributed by atoms with Crippen LogP contribution in [-0.2, 0) is 6.42 Å². The van der Waals surface area contributed by atoms with Crippen molar-refractivity contribution in [3.63, 3.8) is 0 Å². The molecule has 0 aliphatic heterocycles. The summed E-state index contributed by atoms with van der Waals surface area (Å²) in [5.74, 6) is 0. The van der Waals surface area contributed by atoms with Gasteiger partial charge in [0, 0.05) is 6.20 Å². The molecule has 2 rings (SSSR count). The Hall–Kier alpha value is -1.67. The van der Waals surface area contributed by atoms with Crippen molar-refractivity contribution in [3.8, 4) is 0 Å². The molecule has 1 heterocycles. The number of hydrogen-bond donors (Lipinski definition) is 1. The molecular formula is C16H20N2. The predicted molar refractivity (Wildman–Crippen MR) is 75.5 cm³/mol. The fourth-order valence-electron chi connectivity index (χ4n) is 2.12. The monoisotopic (exact) mass is 240 g/mol. The maximum absolute atomic E-state index is 6.25. The minimum atomic E-state index is -0.0367. The van der Waals surface area contributed by atoms with Crippen LogP contribution >= 0.6 is 0 Å². The van der Waals surface area contributed by atoms with E-state index >= 15 is 0 Å². The van der Waals surface area contributed by atoms with Gasteiger partial charge in [-0.15, -0.1) is 0 Å². The molecule has 94 valence electrons. The Kier molecular flexibility index (Phi) is 3.78. The molecule has 0 bridgehead atoms.